The van der Waals surface area contributed by atoms with Crippen LogP contribution in [0.3, 0.4) is 0 Å². The van der Waals surface area contributed by atoms with Gasteiger partial charge in [-0.3, -0.25) is 9.69 Å². The third-order valence-electron chi connectivity index (χ3n) is 7.67. The Labute approximate surface area is 251 Å². The van der Waals surface area contributed by atoms with Crippen LogP contribution in [0.1, 0.15) is 32.2 Å². The number of benzene rings is 3. The molecule has 0 unspecified atom stereocenters. The highest BCUT2D eigenvalue weighted by molar-refractivity contribution is 7.09. The number of carbonyl (C=O) groups excluding carboxylic acids is 1. The molecule has 42 heavy (non-hydrogen) atoms. The molecule has 1 aromatic heterocycles. The number of anilines is 1. The number of aromatic nitrogens is 1. The lowest BCUT2D eigenvalue weighted by atomic mass is 10.1. The number of hydrogen-bond acceptors (Lipinski definition) is 7. The minimum absolute atomic E-state index is 0.0343. The Morgan fingerprint density at radius 2 is 1.69 bits per heavy atom. The van der Waals surface area contributed by atoms with Crippen molar-refractivity contribution in [1.82, 2.24) is 14.8 Å². The smallest absolute Gasteiger partial charge is 0.273 e. The maximum absolute atomic E-state index is 14.6. The summed E-state index contributed by atoms with van der Waals surface area (Å²) in [7, 11) is 3.24. The predicted molar refractivity (Wildman–Crippen MR) is 165 cm³/mol. The quantitative estimate of drug-likeness (QED) is 0.220. The van der Waals surface area contributed by atoms with Crippen molar-refractivity contribution in [3.8, 4) is 11.5 Å². The van der Waals surface area contributed by atoms with E-state index in [1.807, 2.05) is 46.7 Å². The summed E-state index contributed by atoms with van der Waals surface area (Å²) in [6, 6.07) is 21.1. The first-order valence-corrected chi connectivity index (χ1v) is 15.0. The largest absolute Gasteiger partial charge is 0.493 e. The zero-order valence-electron chi connectivity index (χ0n) is 24.4. The van der Waals surface area contributed by atoms with E-state index < -0.39 is 0 Å². The maximum Gasteiger partial charge on any atom is 0.273 e. The number of ether oxygens (including phenoxy) is 2. The summed E-state index contributed by atoms with van der Waals surface area (Å²) < 4.78 is 25.4. The van der Waals surface area contributed by atoms with Gasteiger partial charge in [0.1, 0.15) is 16.5 Å². The number of rotatable bonds is 11. The number of aryl methyl sites for hydroxylation is 1. The molecule has 4 aromatic rings. The van der Waals surface area contributed by atoms with Crippen molar-refractivity contribution in [3.63, 3.8) is 0 Å². The minimum atomic E-state index is -0.228. The minimum Gasteiger partial charge on any atom is -0.493 e. The fraction of sp³-hybridized carbons (Fsp3) is 0.333. The van der Waals surface area contributed by atoms with Crippen LogP contribution < -0.4 is 14.4 Å². The molecule has 1 aliphatic heterocycles. The van der Waals surface area contributed by atoms with Crippen molar-refractivity contribution in [2.45, 2.75) is 26.4 Å². The van der Waals surface area contributed by atoms with Crippen molar-refractivity contribution in [2.24, 2.45) is 0 Å². The SMILES string of the molecule is COc1ccc(CCN(Cc2nc(C(=O)N3CCN(c4ccccc4C)CC3)cs2)Cc2ccccc2F)cc1OC. The van der Waals surface area contributed by atoms with Gasteiger partial charge in [0, 0.05) is 55.9 Å². The number of carbonyl (C=O) groups is 1. The Hall–Kier alpha value is -3.95. The summed E-state index contributed by atoms with van der Waals surface area (Å²) in [6.45, 7) is 6.64. The average molecular weight is 589 g/mol. The molecule has 2 heterocycles. The zero-order chi connectivity index (χ0) is 29.5. The highest BCUT2D eigenvalue weighted by Gasteiger charge is 2.25. The van der Waals surface area contributed by atoms with Gasteiger partial charge in [0.15, 0.2) is 11.5 Å². The van der Waals surface area contributed by atoms with Crippen molar-refractivity contribution in [1.29, 1.82) is 0 Å². The Morgan fingerprint density at radius 1 is 0.952 bits per heavy atom. The third-order valence-corrected chi connectivity index (χ3v) is 8.50. The Bertz CT molecular complexity index is 1500. The fourth-order valence-corrected chi connectivity index (χ4v) is 6.12. The molecule has 0 saturated carbocycles. The van der Waals surface area contributed by atoms with E-state index in [1.54, 1.807) is 20.3 Å². The van der Waals surface area contributed by atoms with E-state index in [2.05, 4.69) is 34.9 Å². The number of hydrogen-bond donors (Lipinski definition) is 0. The van der Waals surface area contributed by atoms with Gasteiger partial charge in [-0.2, -0.15) is 0 Å². The first kappa shape index (κ1) is 29.5. The van der Waals surface area contributed by atoms with Gasteiger partial charge in [0.05, 0.1) is 20.8 Å². The molecule has 0 atom stereocenters. The first-order valence-electron chi connectivity index (χ1n) is 14.2. The number of para-hydroxylation sites is 1. The molecule has 1 amide bonds. The second kappa shape index (κ2) is 13.8. The molecule has 1 saturated heterocycles. The number of nitrogens with zero attached hydrogens (tertiary/aromatic N) is 4. The Morgan fingerprint density at radius 3 is 2.43 bits per heavy atom. The van der Waals surface area contributed by atoms with E-state index >= 15 is 0 Å². The van der Waals surface area contributed by atoms with Crippen LogP contribution in [-0.2, 0) is 19.5 Å². The molecule has 0 radical (unpaired) electrons. The van der Waals surface area contributed by atoms with Crippen molar-refractivity contribution >= 4 is 22.9 Å². The Balaban J connectivity index is 1.24. The highest BCUT2D eigenvalue weighted by Crippen LogP contribution is 2.28. The third kappa shape index (κ3) is 7.09. The van der Waals surface area contributed by atoms with Gasteiger partial charge in [0.25, 0.3) is 5.91 Å². The van der Waals surface area contributed by atoms with Crippen LogP contribution >= 0.6 is 11.3 Å². The topological polar surface area (TPSA) is 58.1 Å². The van der Waals surface area contributed by atoms with Gasteiger partial charge in [-0.15, -0.1) is 11.3 Å². The second-order valence-corrected chi connectivity index (χ2v) is 11.4. The van der Waals surface area contributed by atoms with E-state index in [4.69, 9.17) is 14.5 Å². The molecule has 0 aliphatic carbocycles. The van der Waals surface area contributed by atoms with Gasteiger partial charge < -0.3 is 19.3 Å². The average Bonchev–Trinajstić information content (AvgIpc) is 3.49. The summed E-state index contributed by atoms with van der Waals surface area (Å²) in [4.78, 5) is 24.5. The lowest BCUT2D eigenvalue weighted by Gasteiger charge is -2.36. The van der Waals surface area contributed by atoms with Crippen LogP contribution in [0.5, 0.6) is 11.5 Å². The molecule has 0 N–H and O–H groups in total. The fourth-order valence-electron chi connectivity index (χ4n) is 5.31. The monoisotopic (exact) mass is 588 g/mol. The molecule has 1 aliphatic rings. The van der Waals surface area contributed by atoms with Gasteiger partial charge in [-0.1, -0.05) is 42.5 Å². The van der Waals surface area contributed by atoms with Gasteiger partial charge in [-0.05, 0) is 48.7 Å². The van der Waals surface area contributed by atoms with E-state index in [0.29, 0.717) is 55.5 Å². The maximum atomic E-state index is 14.6. The number of thiazole rings is 1. The van der Waals surface area contributed by atoms with E-state index in [0.717, 1.165) is 30.1 Å². The summed E-state index contributed by atoms with van der Waals surface area (Å²) in [5.74, 6) is 1.10. The zero-order valence-corrected chi connectivity index (χ0v) is 25.2. The van der Waals surface area contributed by atoms with Gasteiger partial charge in [-0.25, -0.2) is 9.37 Å². The molecule has 0 bridgehead atoms. The number of methoxy groups -OCH3 is 2. The normalized spacial score (nSPS) is 13.5. The van der Waals surface area contributed by atoms with Crippen LogP contribution in [0.4, 0.5) is 10.1 Å². The number of piperazine rings is 1. The lowest BCUT2D eigenvalue weighted by molar-refractivity contribution is 0.0741. The summed E-state index contributed by atoms with van der Waals surface area (Å²) in [5, 5.41) is 2.68. The highest BCUT2D eigenvalue weighted by atomic mass is 32.1. The first-order chi connectivity index (χ1) is 20.4. The molecule has 5 rings (SSSR count). The summed E-state index contributed by atoms with van der Waals surface area (Å²) in [5.41, 5.74) is 4.66. The molecule has 220 valence electrons. The summed E-state index contributed by atoms with van der Waals surface area (Å²) in [6.07, 6.45) is 0.733. The second-order valence-electron chi connectivity index (χ2n) is 10.4. The van der Waals surface area contributed by atoms with Crippen LogP contribution in [0.2, 0.25) is 0 Å². The predicted octanol–water partition coefficient (Wildman–Crippen LogP) is 5.82. The summed E-state index contributed by atoms with van der Waals surface area (Å²) >= 11 is 1.48. The molecule has 0 spiro atoms. The standard InChI is InChI=1S/C33H37FN4O3S/c1-24-8-4-7-11-29(24)37-16-18-38(19-17-37)33(39)28-23-42-32(35-28)22-36(21-26-9-5-6-10-27(26)34)15-14-25-12-13-30(40-2)31(20-25)41-3/h4-13,20,23H,14-19,21-22H2,1-3H3. The Kier molecular flexibility index (Phi) is 9.71. The van der Waals surface area contributed by atoms with Gasteiger partial charge in [0.2, 0.25) is 0 Å². The van der Waals surface area contributed by atoms with E-state index in [1.165, 1.54) is 28.7 Å². The number of amides is 1. The van der Waals surface area contributed by atoms with Gasteiger partial charge >= 0.3 is 0 Å². The lowest BCUT2D eigenvalue weighted by Crippen LogP contribution is -2.49. The van der Waals surface area contributed by atoms with Crippen molar-refractivity contribution in [2.75, 3.05) is 51.8 Å². The van der Waals surface area contributed by atoms with Crippen LogP contribution in [0.15, 0.2) is 72.1 Å². The van der Waals surface area contributed by atoms with Crippen LogP contribution in [0.25, 0.3) is 0 Å². The number of halogens is 1. The molecule has 1 fully saturated rings. The molecule has 7 nitrogen and oxygen atoms in total. The molecule has 3 aromatic carbocycles. The molecular weight excluding hydrogens is 551 g/mol. The van der Waals surface area contributed by atoms with Crippen molar-refractivity contribution in [3.05, 3.63) is 105 Å². The van der Waals surface area contributed by atoms with Crippen LogP contribution in [-0.4, -0.2) is 67.6 Å². The van der Waals surface area contributed by atoms with Crippen molar-refractivity contribution < 1.29 is 18.7 Å². The van der Waals surface area contributed by atoms with Crippen LogP contribution in [0, 0.1) is 12.7 Å². The molecular formula is C33H37FN4O3S. The van der Waals surface area contributed by atoms with E-state index in [-0.39, 0.29) is 11.7 Å². The molecule has 9 heteroatoms. The van der Waals surface area contributed by atoms with E-state index in [9.17, 15) is 9.18 Å².